The van der Waals surface area contributed by atoms with Crippen LogP contribution >= 0.6 is 0 Å². The van der Waals surface area contributed by atoms with Gasteiger partial charge in [0.05, 0.1) is 26.4 Å². The maximum absolute atomic E-state index is 12.4. The van der Waals surface area contributed by atoms with Crippen molar-refractivity contribution < 1.29 is 14.3 Å². The first-order chi connectivity index (χ1) is 11.3. The lowest BCUT2D eigenvalue weighted by Crippen LogP contribution is -2.38. The third kappa shape index (κ3) is 3.91. The van der Waals surface area contributed by atoms with Gasteiger partial charge in [0.15, 0.2) is 5.69 Å². The maximum atomic E-state index is 12.4. The number of ether oxygens (including phenoxy) is 2. The molecule has 0 radical (unpaired) electrons. The second kappa shape index (κ2) is 7.90. The largest absolute Gasteiger partial charge is 0.379 e. The van der Waals surface area contributed by atoms with Crippen molar-refractivity contribution in [1.82, 2.24) is 20.0 Å². The molecular weight excluding hydrogens is 296 g/mol. The Morgan fingerprint density at radius 3 is 2.87 bits per heavy atom. The van der Waals surface area contributed by atoms with E-state index in [9.17, 15) is 4.79 Å². The number of carbonyl (C=O) groups excluding carboxylic acids is 1. The Labute approximate surface area is 136 Å². The fraction of sp³-hybridized carbons (Fsp3) is 0.750. The van der Waals surface area contributed by atoms with Crippen LogP contribution in [0.5, 0.6) is 0 Å². The number of morpholine rings is 1. The summed E-state index contributed by atoms with van der Waals surface area (Å²) in [6.07, 6.45) is 1.78. The lowest BCUT2D eigenvalue weighted by atomic mass is 10.1. The molecule has 1 saturated heterocycles. The van der Waals surface area contributed by atoms with E-state index in [0.717, 1.165) is 63.5 Å². The molecule has 0 bridgehead atoms. The summed E-state index contributed by atoms with van der Waals surface area (Å²) in [4.78, 5) is 14.8. The fourth-order valence-corrected chi connectivity index (χ4v) is 3.17. The molecule has 0 spiro atoms. The molecule has 0 aliphatic carbocycles. The van der Waals surface area contributed by atoms with Crippen LogP contribution in [0.15, 0.2) is 0 Å². The highest BCUT2D eigenvalue weighted by molar-refractivity contribution is 5.94. The maximum Gasteiger partial charge on any atom is 0.272 e. The Balaban J connectivity index is 1.51. The van der Waals surface area contributed by atoms with E-state index in [1.807, 2.05) is 11.6 Å². The number of aryl methyl sites for hydroxylation is 1. The third-order valence-corrected chi connectivity index (χ3v) is 4.45. The van der Waals surface area contributed by atoms with Gasteiger partial charge in [-0.2, -0.15) is 5.10 Å². The predicted octanol–water partition coefficient (Wildman–Crippen LogP) is 0.428. The van der Waals surface area contributed by atoms with Gasteiger partial charge in [-0.15, -0.1) is 0 Å². The highest BCUT2D eigenvalue weighted by Gasteiger charge is 2.24. The van der Waals surface area contributed by atoms with Crippen LogP contribution in [-0.2, 0) is 29.0 Å². The number of aromatic nitrogens is 2. The van der Waals surface area contributed by atoms with Gasteiger partial charge in [-0.1, -0.05) is 0 Å². The molecule has 0 saturated carbocycles. The number of carbonyl (C=O) groups is 1. The van der Waals surface area contributed by atoms with Crippen LogP contribution < -0.4 is 5.32 Å². The molecule has 1 aromatic heterocycles. The smallest absolute Gasteiger partial charge is 0.272 e. The molecule has 2 aliphatic rings. The van der Waals surface area contributed by atoms with Crippen molar-refractivity contribution in [2.75, 3.05) is 46.0 Å². The molecule has 0 unspecified atom stereocenters. The van der Waals surface area contributed by atoms with Gasteiger partial charge >= 0.3 is 0 Å². The first-order valence-corrected chi connectivity index (χ1v) is 8.54. The van der Waals surface area contributed by atoms with Gasteiger partial charge in [-0.3, -0.25) is 14.4 Å². The van der Waals surface area contributed by atoms with Crippen molar-refractivity contribution in [3.63, 3.8) is 0 Å². The number of hydrogen-bond donors (Lipinski definition) is 1. The zero-order chi connectivity index (χ0) is 16.1. The van der Waals surface area contributed by atoms with Gasteiger partial charge in [-0.05, 0) is 19.9 Å². The standard InChI is InChI=1S/C16H26N4O3/c1-2-20-14-4-9-23-12-13(14)15(18-20)16(21)17-5-3-6-19-7-10-22-11-8-19/h2-12H2,1H3,(H,17,21). The Bertz CT molecular complexity index is 538. The second-order valence-electron chi connectivity index (χ2n) is 5.96. The topological polar surface area (TPSA) is 68.6 Å². The SMILES string of the molecule is CCn1nc(C(=O)NCCCN2CCOCC2)c2c1CCOC2. The van der Waals surface area contributed by atoms with Gasteiger partial charge in [0.1, 0.15) is 0 Å². The van der Waals surface area contributed by atoms with E-state index in [4.69, 9.17) is 9.47 Å². The minimum atomic E-state index is -0.0825. The number of nitrogens with one attached hydrogen (secondary N) is 1. The lowest BCUT2D eigenvalue weighted by Gasteiger charge is -2.26. The Kier molecular flexibility index (Phi) is 5.64. The van der Waals surface area contributed by atoms with Crippen molar-refractivity contribution in [3.8, 4) is 0 Å². The molecule has 3 rings (SSSR count). The molecular formula is C16H26N4O3. The van der Waals surface area contributed by atoms with Crippen LogP contribution in [0.3, 0.4) is 0 Å². The molecule has 128 valence electrons. The molecule has 1 fully saturated rings. The van der Waals surface area contributed by atoms with Crippen molar-refractivity contribution >= 4 is 5.91 Å². The van der Waals surface area contributed by atoms with Gasteiger partial charge < -0.3 is 14.8 Å². The van der Waals surface area contributed by atoms with E-state index < -0.39 is 0 Å². The number of hydrogen-bond acceptors (Lipinski definition) is 5. The minimum Gasteiger partial charge on any atom is -0.379 e. The van der Waals surface area contributed by atoms with Crippen molar-refractivity contribution in [3.05, 3.63) is 17.0 Å². The van der Waals surface area contributed by atoms with E-state index in [1.54, 1.807) is 0 Å². The lowest BCUT2D eigenvalue weighted by molar-refractivity contribution is 0.0374. The van der Waals surface area contributed by atoms with Crippen molar-refractivity contribution in [1.29, 1.82) is 0 Å². The van der Waals surface area contributed by atoms with Gasteiger partial charge in [0.2, 0.25) is 0 Å². The van der Waals surface area contributed by atoms with Crippen molar-refractivity contribution in [2.24, 2.45) is 0 Å². The van der Waals surface area contributed by atoms with Crippen LogP contribution in [0.1, 0.15) is 35.1 Å². The molecule has 0 atom stereocenters. The minimum absolute atomic E-state index is 0.0825. The van der Waals surface area contributed by atoms with Crippen LogP contribution in [0.4, 0.5) is 0 Å². The van der Waals surface area contributed by atoms with E-state index >= 15 is 0 Å². The average Bonchev–Trinajstić information content (AvgIpc) is 2.98. The summed E-state index contributed by atoms with van der Waals surface area (Å²) in [6, 6.07) is 0. The second-order valence-corrected chi connectivity index (χ2v) is 5.96. The molecule has 0 aromatic carbocycles. The van der Waals surface area contributed by atoms with E-state index in [1.165, 1.54) is 0 Å². The molecule has 7 nitrogen and oxygen atoms in total. The monoisotopic (exact) mass is 322 g/mol. The molecule has 3 heterocycles. The van der Waals surface area contributed by atoms with E-state index in [2.05, 4.69) is 15.3 Å². The summed E-state index contributed by atoms with van der Waals surface area (Å²) in [5.41, 5.74) is 2.65. The quantitative estimate of drug-likeness (QED) is 0.769. The zero-order valence-corrected chi connectivity index (χ0v) is 13.8. The summed E-state index contributed by atoms with van der Waals surface area (Å²) in [6.45, 7) is 9.29. The Morgan fingerprint density at radius 1 is 1.26 bits per heavy atom. The highest BCUT2D eigenvalue weighted by Crippen LogP contribution is 2.20. The number of amides is 1. The van der Waals surface area contributed by atoms with E-state index in [-0.39, 0.29) is 5.91 Å². The summed E-state index contributed by atoms with van der Waals surface area (Å²) in [5.74, 6) is -0.0825. The van der Waals surface area contributed by atoms with Gasteiger partial charge in [0.25, 0.3) is 5.91 Å². The predicted molar refractivity (Wildman–Crippen MR) is 85.5 cm³/mol. The van der Waals surface area contributed by atoms with Crippen LogP contribution in [0.2, 0.25) is 0 Å². The molecule has 2 aliphatic heterocycles. The molecule has 7 heteroatoms. The van der Waals surface area contributed by atoms with Crippen LogP contribution in [-0.4, -0.2) is 66.6 Å². The average molecular weight is 322 g/mol. The summed E-state index contributed by atoms with van der Waals surface area (Å²) in [5, 5.41) is 7.47. The van der Waals surface area contributed by atoms with Crippen LogP contribution in [0, 0.1) is 0 Å². The van der Waals surface area contributed by atoms with Crippen LogP contribution in [0.25, 0.3) is 0 Å². The fourth-order valence-electron chi connectivity index (χ4n) is 3.17. The summed E-state index contributed by atoms with van der Waals surface area (Å²) < 4.78 is 12.8. The zero-order valence-electron chi connectivity index (χ0n) is 13.8. The van der Waals surface area contributed by atoms with Gasteiger partial charge in [-0.25, -0.2) is 0 Å². The first-order valence-electron chi connectivity index (χ1n) is 8.54. The third-order valence-electron chi connectivity index (χ3n) is 4.45. The molecule has 1 aromatic rings. The number of rotatable bonds is 6. The summed E-state index contributed by atoms with van der Waals surface area (Å²) in [7, 11) is 0. The van der Waals surface area contributed by atoms with Crippen molar-refractivity contribution in [2.45, 2.75) is 32.9 Å². The molecule has 23 heavy (non-hydrogen) atoms. The van der Waals surface area contributed by atoms with Gasteiger partial charge in [0, 0.05) is 43.9 Å². The number of nitrogens with zero attached hydrogens (tertiary/aromatic N) is 3. The number of fused-ring (bicyclic) bond motifs is 1. The normalized spacial score (nSPS) is 18.7. The van der Waals surface area contributed by atoms with E-state index in [0.29, 0.717) is 25.5 Å². The first kappa shape index (κ1) is 16.4. The molecule has 1 amide bonds. The Morgan fingerprint density at radius 2 is 2.09 bits per heavy atom. The summed E-state index contributed by atoms with van der Waals surface area (Å²) >= 11 is 0. The Hall–Kier alpha value is -1.44. The highest BCUT2D eigenvalue weighted by atomic mass is 16.5. The molecule has 1 N–H and O–H groups in total.